The highest BCUT2D eigenvalue weighted by Gasteiger charge is 2.16. The molecular formula is C11H7Br2FO2. The Morgan fingerprint density at radius 3 is 2.31 bits per heavy atom. The van der Waals surface area contributed by atoms with Crippen LogP contribution in [-0.2, 0) is 0 Å². The van der Waals surface area contributed by atoms with Gasteiger partial charge in [-0.1, -0.05) is 12.1 Å². The second kappa shape index (κ2) is 4.69. The van der Waals surface area contributed by atoms with E-state index in [2.05, 4.69) is 31.9 Å². The fourth-order valence-electron chi connectivity index (χ4n) is 1.31. The first-order valence-electron chi connectivity index (χ1n) is 4.46. The minimum absolute atomic E-state index is 0.335. The van der Waals surface area contributed by atoms with Gasteiger partial charge in [0.25, 0.3) is 0 Å². The molecule has 2 rings (SSSR count). The Labute approximate surface area is 108 Å². The molecule has 2 nitrogen and oxygen atoms in total. The van der Waals surface area contributed by atoms with Crippen LogP contribution in [0.25, 0.3) is 0 Å². The first-order valence-corrected chi connectivity index (χ1v) is 6.05. The molecule has 1 atom stereocenters. The van der Waals surface area contributed by atoms with Crippen LogP contribution in [0.15, 0.2) is 43.9 Å². The van der Waals surface area contributed by atoms with Gasteiger partial charge in [-0.05, 0) is 55.6 Å². The Hall–Kier alpha value is -0.650. The van der Waals surface area contributed by atoms with Crippen LogP contribution < -0.4 is 0 Å². The molecule has 0 fully saturated rings. The zero-order chi connectivity index (χ0) is 11.7. The highest BCUT2D eigenvalue weighted by atomic mass is 79.9. The predicted molar refractivity (Wildman–Crippen MR) is 64.6 cm³/mol. The molecule has 0 aliphatic rings. The van der Waals surface area contributed by atoms with E-state index < -0.39 is 6.10 Å². The lowest BCUT2D eigenvalue weighted by atomic mass is 10.1. The molecule has 0 aliphatic carbocycles. The summed E-state index contributed by atoms with van der Waals surface area (Å²) in [5.41, 5.74) is 0.579. The van der Waals surface area contributed by atoms with Gasteiger partial charge in [-0.15, -0.1) is 0 Å². The topological polar surface area (TPSA) is 33.4 Å². The van der Waals surface area contributed by atoms with Crippen LogP contribution in [0.1, 0.15) is 17.4 Å². The van der Waals surface area contributed by atoms with Crippen molar-refractivity contribution in [2.75, 3.05) is 0 Å². The Bertz CT molecular complexity index is 474. The molecule has 16 heavy (non-hydrogen) atoms. The van der Waals surface area contributed by atoms with E-state index in [1.54, 1.807) is 6.07 Å². The number of benzene rings is 1. The van der Waals surface area contributed by atoms with Crippen molar-refractivity contribution in [3.63, 3.8) is 0 Å². The summed E-state index contributed by atoms with van der Waals surface area (Å²) < 4.78 is 19.2. The van der Waals surface area contributed by atoms with Crippen molar-refractivity contribution in [2.24, 2.45) is 0 Å². The molecule has 1 aromatic carbocycles. The molecule has 0 amide bonds. The maximum atomic E-state index is 12.7. The molecule has 2 aromatic rings. The molecule has 1 aromatic heterocycles. The summed E-state index contributed by atoms with van der Waals surface area (Å²) in [6.45, 7) is 0. The van der Waals surface area contributed by atoms with E-state index in [4.69, 9.17) is 4.42 Å². The quantitative estimate of drug-likeness (QED) is 0.888. The largest absolute Gasteiger partial charge is 0.450 e. The lowest BCUT2D eigenvalue weighted by Gasteiger charge is -2.07. The predicted octanol–water partition coefficient (Wildman–Crippen LogP) is 4.03. The lowest BCUT2D eigenvalue weighted by molar-refractivity contribution is 0.187. The molecule has 0 spiro atoms. The average Bonchev–Trinajstić information content (AvgIpc) is 2.59. The van der Waals surface area contributed by atoms with Crippen LogP contribution in [0.2, 0.25) is 0 Å². The first-order chi connectivity index (χ1) is 7.58. The van der Waals surface area contributed by atoms with E-state index in [0.29, 0.717) is 16.0 Å². The lowest BCUT2D eigenvalue weighted by Crippen LogP contribution is -1.97. The second-order valence-electron chi connectivity index (χ2n) is 3.22. The molecule has 0 saturated heterocycles. The highest BCUT2D eigenvalue weighted by molar-refractivity contribution is 9.13. The molecule has 0 saturated carbocycles. The number of hydrogen-bond donors (Lipinski definition) is 1. The summed E-state index contributed by atoms with van der Waals surface area (Å²) in [5, 5.41) is 9.96. The Morgan fingerprint density at radius 1 is 1.19 bits per heavy atom. The molecule has 5 heteroatoms. The first kappa shape index (κ1) is 11.8. The van der Waals surface area contributed by atoms with Crippen molar-refractivity contribution in [1.29, 1.82) is 0 Å². The van der Waals surface area contributed by atoms with Gasteiger partial charge in [0.2, 0.25) is 0 Å². The highest BCUT2D eigenvalue weighted by Crippen LogP contribution is 2.32. The van der Waals surface area contributed by atoms with Gasteiger partial charge in [-0.3, -0.25) is 0 Å². The third-order valence-corrected chi connectivity index (χ3v) is 3.83. The number of hydrogen-bond acceptors (Lipinski definition) is 2. The number of aliphatic hydroxyl groups excluding tert-OH is 1. The maximum absolute atomic E-state index is 12.7. The number of aliphatic hydroxyl groups is 1. The smallest absolute Gasteiger partial charge is 0.183 e. The Balaban J connectivity index is 2.31. The molecule has 1 heterocycles. The molecular weight excluding hydrogens is 343 g/mol. The molecule has 0 radical (unpaired) electrons. The van der Waals surface area contributed by atoms with Crippen molar-refractivity contribution < 1.29 is 13.9 Å². The van der Waals surface area contributed by atoms with Crippen LogP contribution in [-0.4, -0.2) is 5.11 Å². The maximum Gasteiger partial charge on any atom is 0.183 e. The summed E-state index contributed by atoms with van der Waals surface area (Å²) >= 11 is 6.44. The van der Waals surface area contributed by atoms with Crippen LogP contribution in [0.4, 0.5) is 4.39 Å². The zero-order valence-corrected chi connectivity index (χ0v) is 11.1. The summed E-state index contributed by atoms with van der Waals surface area (Å²) in [5.74, 6) is 0.0584. The molecule has 1 unspecified atom stereocenters. The van der Waals surface area contributed by atoms with Crippen LogP contribution >= 0.6 is 31.9 Å². The summed E-state index contributed by atoms with van der Waals surface area (Å²) in [6, 6.07) is 7.30. The van der Waals surface area contributed by atoms with Crippen molar-refractivity contribution in [3.8, 4) is 0 Å². The molecule has 0 bridgehead atoms. The Kier molecular flexibility index (Phi) is 3.47. The van der Waals surface area contributed by atoms with Crippen LogP contribution in [0.3, 0.4) is 0 Å². The van der Waals surface area contributed by atoms with Gasteiger partial charge in [0, 0.05) is 0 Å². The zero-order valence-electron chi connectivity index (χ0n) is 7.95. The van der Waals surface area contributed by atoms with Gasteiger partial charge in [0.15, 0.2) is 4.67 Å². The van der Waals surface area contributed by atoms with E-state index >= 15 is 0 Å². The van der Waals surface area contributed by atoms with Crippen LogP contribution in [0.5, 0.6) is 0 Å². The molecule has 1 N–H and O–H groups in total. The standard InChI is InChI=1S/C11H7Br2FO2/c12-8-5-9(16-11(8)13)10(15)6-1-3-7(14)4-2-6/h1-5,10,15H. The van der Waals surface area contributed by atoms with Gasteiger partial charge in [0.1, 0.15) is 17.7 Å². The number of furan rings is 1. The number of halogens is 3. The van der Waals surface area contributed by atoms with E-state index in [0.717, 1.165) is 4.47 Å². The van der Waals surface area contributed by atoms with Crippen LogP contribution in [0, 0.1) is 5.82 Å². The van der Waals surface area contributed by atoms with Crippen molar-refractivity contribution in [2.45, 2.75) is 6.10 Å². The molecule has 84 valence electrons. The minimum atomic E-state index is -0.900. The van der Waals surface area contributed by atoms with Gasteiger partial charge in [-0.25, -0.2) is 4.39 Å². The van der Waals surface area contributed by atoms with Crippen molar-refractivity contribution in [1.82, 2.24) is 0 Å². The fourth-order valence-corrected chi connectivity index (χ4v) is 1.92. The van der Waals surface area contributed by atoms with Gasteiger partial charge < -0.3 is 9.52 Å². The van der Waals surface area contributed by atoms with Crippen molar-refractivity contribution >= 4 is 31.9 Å². The summed E-state index contributed by atoms with van der Waals surface area (Å²) in [6.07, 6.45) is -0.900. The summed E-state index contributed by atoms with van der Waals surface area (Å²) in [4.78, 5) is 0. The SMILES string of the molecule is OC(c1ccc(F)cc1)c1cc(Br)c(Br)o1. The van der Waals surface area contributed by atoms with Gasteiger partial charge in [0.05, 0.1) is 4.47 Å². The van der Waals surface area contributed by atoms with E-state index in [9.17, 15) is 9.50 Å². The monoisotopic (exact) mass is 348 g/mol. The summed E-state index contributed by atoms with van der Waals surface area (Å²) in [7, 11) is 0. The normalized spacial score (nSPS) is 12.8. The Morgan fingerprint density at radius 2 is 1.81 bits per heavy atom. The minimum Gasteiger partial charge on any atom is -0.450 e. The fraction of sp³-hybridized carbons (Fsp3) is 0.0909. The van der Waals surface area contributed by atoms with Gasteiger partial charge in [-0.2, -0.15) is 0 Å². The second-order valence-corrected chi connectivity index (χ2v) is 4.80. The third kappa shape index (κ3) is 2.36. The van der Waals surface area contributed by atoms with Crippen molar-refractivity contribution in [3.05, 3.63) is 56.6 Å². The van der Waals surface area contributed by atoms with E-state index in [1.807, 2.05) is 0 Å². The van der Waals surface area contributed by atoms with E-state index in [1.165, 1.54) is 24.3 Å². The molecule has 0 aliphatic heterocycles. The van der Waals surface area contributed by atoms with Gasteiger partial charge >= 0.3 is 0 Å². The van der Waals surface area contributed by atoms with E-state index in [-0.39, 0.29) is 5.82 Å². The average molecular weight is 350 g/mol. The number of rotatable bonds is 2. The third-order valence-electron chi connectivity index (χ3n) is 2.12.